The third-order valence-corrected chi connectivity index (χ3v) is 1.64. The van der Waals surface area contributed by atoms with Gasteiger partial charge in [-0.1, -0.05) is 0 Å². The zero-order valence-corrected chi connectivity index (χ0v) is 7.12. The Morgan fingerprint density at radius 2 is 2.45 bits per heavy atom. The molecule has 0 unspecified atom stereocenters. The Bertz CT molecular complexity index is 215. The van der Waals surface area contributed by atoms with Crippen LogP contribution in [0.5, 0.6) is 0 Å². The van der Waals surface area contributed by atoms with Gasteiger partial charge in [0.15, 0.2) is 0 Å². The Balaban J connectivity index is 2.68. The van der Waals surface area contributed by atoms with Crippen LogP contribution in [0.2, 0.25) is 0 Å². The smallest absolute Gasteiger partial charge is 0.0492 e. The Hall–Kier alpha value is -0.830. The van der Waals surface area contributed by atoms with E-state index in [9.17, 15) is 0 Å². The third-order valence-electron chi connectivity index (χ3n) is 1.64. The highest BCUT2D eigenvalue weighted by atomic mass is 15.3. The predicted molar refractivity (Wildman–Crippen MR) is 45.3 cm³/mol. The van der Waals surface area contributed by atoms with Crippen LogP contribution >= 0.6 is 0 Å². The third kappa shape index (κ3) is 2.05. The Morgan fingerprint density at radius 1 is 1.73 bits per heavy atom. The van der Waals surface area contributed by atoms with Crippen LogP contribution in [0.15, 0.2) is 12.3 Å². The molecule has 62 valence electrons. The fourth-order valence-corrected chi connectivity index (χ4v) is 1.15. The molecular weight excluding hydrogens is 138 g/mol. The van der Waals surface area contributed by atoms with E-state index in [4.69, 9.17) is 5.73 Å². The minimum absolute atomic E-state index is 0.219. The van der Waals surface area contributed by atoms with Gasteiger partial charge in [-0.15, -0.1) is 0 Å². The number of nitrogens with zero attached hydrogens (tertiary/aromatic N) is 2. The van der Waals surface area contributed by atoms with Crippen molar-refractivity contribution in [2.24, 2.45) is 5.73 Å². The summed E-state index contributed by atoms with van der Waals surface area (Å²) in [4.78, 5) is 0. The van der Waals surface area contributed by atoms with Crippen molar-refractivity contribution in [3.05, 3.63) is 18.0 Å². The van der Waals surface area contributed by atoms with Crippen LogP contribution in [-0.2, 0) is 13.0 Å². The number of rotatable bonds is 3. The van der Waals surface area contributed by atoms with Gasteiger partial charge >= 0.3 is 0 Å². The highest BCUT2D eigenvalue weighted by Crippen LogP contribution is 2.01. The molecule has 0 saturated carbocycles. The van der Waals surface area contributed by atoms with E-state index < -0.39 is 0 Å². The second kappa shape index (κ2) is 3.53. The van der Waals surface area contributed by atoms with Crippen molar-refractivity contribution >= 4 is 0 Å². The van der Waals surface area contributed by atoms with Crippen LogP contribution < -0.4 is 5.73 Å². The lowest BCUT2D eigenvalue weighted by molar-refractivity contribution is 0.595. The first kappa shape index (κ1) is 8.27. The molecule has 1 aromatic heterocycles. The molecule has 0 fully saturated rings. The molecular formula is C8H15N3. The lowest BCUT2D eigenvalue weighted by Gasteiger charge is -2.06. The van der Waals surface area contributed by atoms with Crippen molar-refractivity contribution in [2.45, 2.75) is 32.9 Å². The molecule has 0 spiro atoms. The minimum Gasteiger partial charge on any atom is -0.328 e. The van der Waals surface area contributed by atoms with Gasteiger partial charge in [0.05, 0.1) is 0 Å². The summed E-state index contributed by atoms with van der Waals surface area (Å²) in [5.74, 6) is 0. The molecule has 11 heavy (non-hydrogen) atoms. The summed E-state index contributed by atoms with van der Waals surface area (Å²) in [5, 5.41) is 4.15. The van der Waals surface area contributed by atoms with Crippen LogP contribution in [0.3, 0.4) is 0 Å². The first-order valence-electron chi connectivity index (χ1n) is 4.00. The lowest BCUT2D eigenvalue weighted by Crippen LogP contribution is -2.20. The summed E-state index contributed by atoms with van der Waals surface area (Å²) in [6.07, 6.45) is 2.73. The van der Waals surface area contributed by atoms with Crippen molar-refractivity contribution < 1.29 is 0 Å². The summed E-state index contributed by atoms with van der Waals surface area (Å²) >= 11 is 0. The normalized spacial score (nSPS) is 13.4. The lowest BCUT2D eigenvalue weighted by atomic mass is 10.2. The average molecular weight is 153 g/mol. The fraction of sp³-hybridized carbons (Fsp3) is 0.625. The Kier molecular flexibility index (Phi) is 2.65. The molecule has 0 aromatic carbocycles. The second-order valence-corrected chi connectivity index (χ2v) is 2.82. The summed E-state index contributed by atoms with van der Waals surface area (Å²) in [7, 11) is 0. The molecule has 0 radical (unpaired) electrons. The minimum atomic E-state index is 0.219. The molecule has 1 atom stereocenters. The molecule has 3 nitrogen and oxygen atoms in total. The second-order valence-electron chi connectivity index (χ2n) is 2.82. The van der Waals surface area contributed by atoms with E-state index in [-0.39, 0.29) is 6.04 Å². The van der Waals surface area contributed by atoms with Gasteiger partial charge in [0.25, 0.3) is 0 Å². The topological polar surface area (TPSA) is 43.8 Å². The molecule has 1 heterocycles. The average Bonchev–Trinajstić information content (AvgIpc) is 2.34. The Labute approximate surface area is 67.2 Å². The first-order valence-corrected chi connectivity index (χ1v) is 4.00. The molecule has 0 aliphatic carbocycles. The van der Waals surface area contributed by atoms with Gasteiger partial charge in [-0.3, -0.25) is 4.68 Å². The maximum Gasteiger partial charge on any atom is 0.0492 e. The fourth-order valence-electron chi connectivity index (χ4n) is 1.15. The van der Waals surface area contributed by atoms with Gasteiger partial charge in [0, 0.05) is 30.9 Å². The largest absolute Gasteiger partial charge is 0.328 e. The first-order chi connectivity index (χ1) is 5.24. The molecule has 1 rings (SSSR count). The van der Waals surface area contributed by atoms with Crippen LogP contribution in [0.4, 0.5) is 0 Å². The van der Waals surface area contributed by atoms with Crippen molar-refractivity contribution in [1.29, 1.82) is 0 Å². The van der Waals surface area contributed by atoms with Crippen LogP contribution in [0, 0.1) is 0 Å². The van der Waals surface area contributed by atoms with E-state index in [0.717, 1.165) is 13.0 Å². The molecule has 3 heteroatoms. The highest BCUT2D eigenvalue weighted by molar-refractivity contribution is 5.01. The predicted octanol–water partition coefficient (Wildman–Crippen LogP) is 0.793. The summed E-state index contributed by atoms with van der Waals surface area (Å²) in [6, 6.07) is 2.24. The van der Waals surface area contributed by atoms with E-state index in [1.54, 1.807) is 0 Å². The van der Waals surface area contributed by atoms with Crippen LogP contribution in [0.25, 0.3) is 0 Å². The maximum absolute atomic E-state index is 5.67. The monoisotopic (exact) mass is 153 g/mol. The van der Waals surface area contributed by atoms with Crippen molar-refractivity contribution in [3.8, 4) is 0 Å². The number of nitrogens with two attached hydrogens (primary N) is 1. The van der Waals surface area contributed by atoms with E-state index in [1.165, 1.54) is 5.69 Å². The number of hydrogen-bond donors (Lipinski definition) is 1. The molecule has 1 aromatic rings. The molecule has 0 aliphatic heterocycles. The zero-order valence-electron chi connectivity index (χ0n) is 7.12. The molecule has 0 amide bonds. The quantitative estimate of drug-likeness (QED) is 0.697. The van der Waals surface area contributed by atoms with Gasteiger partial charge < -0.3 is 5.73 Å². The van der Waals surface area contributed by atoms with E-state index in [0.29, 0.717) is 0 Å². The summed E-state index contributed by atoms with van der Waals surface area (Å²) < 4.78 is 1.98. The SMILES string of the molecule is CCn1nccc1C[C@@H](C)N. The van der Waals surface area contributed by atoms with Gasteiger partial charge in [0.2, 0.25) is 0 Å². The number of hydrogen-bond acceptors (Lipinski definition) is 2. The zero-order chi connectivity index (χ0) is 8.27. The molecule has 0 bridgehead atoms. The van der Waals surface area contributed by atoms with Crippen molar-refractivity contribution in [3.63, 3.8) is 0 Å². The standard InChI is InChI=1S/C8H15N3/c1-3-11-8(4-5-10-11)6-7(2)9/h4-5,7H,3,6,9H2,1-2H3/t7-/m1/s1. The van der Waals surface area contributed by atoms with Gasteiger partial charge in [-0.2, -0.15) is 5.10 Å². The van der Waals surface area contributed by atoms with Gasteiger partial charge in [-0.25, -0.2) is 0 Å². The molecule has 0 saturated heterocycles. The summed E-state index contributed by atoms with van der Waals surface area (Å²) in [6.45, 7) is 5.01. The number of aryl methyl sites for hydroxylation is 1. The van der Waals surface area contributed by atoms with Crippen LogP contribution in [-0.4, -0.2) is 15.8 Å². The highest BCUT2D eigenvalue weighted by Gasteiger charge is 2.02. The van der Waals surface area contributed by atoms with Gasteiger partial charge in [0.1, 0.15) is 0 Å². The van der Waals surface area contributed by atoms with E-state index in [2.05, 4.69) is 12.0 Å². The van der Waals surface area contributed by atoms with E-state index >= 15 is 0 Å². The number of aromatic nitrogens is 2. The van der Waals surface area contributed by atoms with E-state index in [1.807, 2.05) is 23.9 Å². The van der Waals surface area contributed by atoms with Crippen molar-refractivity contribution in [2.75, 3.05) is 0 Å². The maximum atomic E-state index is 5.67. The molecule has 0 aliphatic rings. The molecule has 2 N–H and O–H groups in total. The van der Waals surface area contributed by atoms with Gasteiger partial charge in [-0.05, 0) is 19.9 Å². The van der Waals surface area contributed by atoms with Crippen molar-refractivity contribution in [1.82, 2.24) is 9.78 Å². The van der Waals surface area contributed by atoms with Crippen LogP contribution in [0.1, 0.15) is 19.5 Å². The summed E-state index contributed by atoms with van der Waals surface area (Å²) in [5.41, 5.74) is 6.89. The Morgan fingerprint density at radius 3 is 3.00 bits per heavy atom.